The molecule has 4 nitrogen and oxygen atoms in total. The Morgan fingerprint density at radius 2 is 1.43 bits per heavy atom. The van der Waals surface area contributed by atoms with Gasteiger partial charge in [-0.1, -0.05) is 47.3 Å². The van der Waals surface area contributed by atoms with Gasteiger partial charge in [-0.15, -0.1) is 0 Å². The average Bonchev–Trinajstić information content (AvgIpc) is 3.07. The highest BCUT2D eigenvalue weighted by Gasteiger charge is 2.15. The van der Waals surface area contributed by atoms with Gasteiger partial charge in [0.1, 0.15) is 0 Å². The molecule has 23 heavy (non-hydrogen) atoms. The Balaban J connectivity index is 1.75. The topological polar surface area (TPSA) is 44.0 Å². The van der Waals surface area contributed by atoms with E-state index in [1.165, 1.54) is 23.1 Å². The first-order chi connectivity index (χ1) is 11.1. The number of aromatic nitrogens is 2. The third-order valence-corrected chi connectivity index (χ3v) is 6.26. The first kappa shape index (κ1) is 14.4. The third-order valence-electron chi connectivity index (χ3n) is 3.90. The normalized spacial score (nSPS) is 12.9. The summed E-state index contributed by atoms with van der Waals surface area (Å²) >= 11 is 2.91. The Morgan fingerprint density at radius 1 is 0.870 bits per heavy atom. The van der Waals surface area contributed by atoms with Crippen molar-refractivity contribution in [3.8, 4) is 0 Å². The van der Waals surface area contributed by atoms with Crippen LogP contribution in [0.1, 0.15) is 13.0 Å². The van der Waals surface area contributed by atoms with Crippen LogP contribution in [0, 0.1) is 0 Å². The van der Waals surface area contributed by atoms with E-state index in [2.05, 4.69) is 0 Å². The van der Waals surface area contributed by atoms with Crippen LogP contribution in [-0.4, -0.2) is 7.91 Å². The monoisotopic (exact) mass is 342 g/mol. The van der Waals surface area contributed by atoms with Crippen LogP contribution < -0.4 is 11.1 Å². The van der Waals surface area contributed by atoms with E-state index in [9.17, 15) is 9.59 Å². The molecule has 0 N–H and O–H groups in total. The van der Waals surface area contributed by atoms with Crippen LogP contribution >= 0.6 is 23.1 Å². The first-order valence-electron chi connectivity index (χ1n) is 7.34. The number of fused-ring (bicyclic) bond motifs is 2. The second-order valence-corrected chi connectivity index (χ2v) is 7.60. The second kappa shape index (κ2) is 5.47. The number of benzene rings is 2. The maximum atomic E-state index is 12.5. The molecule has 0 spiro atoms. The van der Waals surface area contributed by atoms with Crippen LogP contribution in [0.3, 0.4) is 0 Å². The van der Waals surface area contributed by atoms with E-state index in [-0.39, 0.29) is 17.2 Å². The van der Waals surface area contributed by atoms with Crippen molar-refractivity contribution in [1.29, 1.82) is 0 Å². The van der Waals surface area contributed by atoms with Crippen LogP contribution in [0.2, 0.25) is 0 Å². The number of hydrogen-bond acceptors (Lipinski definition) is 4. The molecular weight excluding hydrogens is 328 g/mol. The van der Waals surface area contributed by atoms with Gasteiger partial charge >= 0.3 is 0 Å². The molecule has 0 aliphatic heterocycles. The number of nitrogens with zero attached hydrogens (tertiary/aromatic N) is 2. The fourth-order valence-corrected chi connectivity index (χ4v) is 4.87. The quantitative estimate of drug-likeness (QED) is 0.570. The Labute approximate surface area is 140 Å². The molecule has 0 aliphatic rings. The zero-order valence-corrected chi connectivity index (χ0v) is 14.1. The minimum atomic E-state index is -0.0642. The minimum Gasteiger partial charge on any atom is -0.268 e. The van der Waals surface area contributed by atoms with Crippen LogP contribution in [-0.2, 0) is 6.54 Å². The van der Waals surface area contributed by atoms with Crippen molar-refractivity contribution in [2.24, 2.45) is 0 Å². The smallest absolute Gasteiger partial charge is 0.268 e. The molecule has 116 valence electrons. The number of hydrogen-bond donors (Lipinski definition) is 0. The first-order valence-corrected chi connectivity index (χ1v) is 8.89. The summed E-state index contributed by atoms with van der Waals surface area (Å²) in [5.74, 6) is 0. The van der Waals surface area contributed by atoms with Crippen molar-refractivity contribution < 1.29 is 0 Å². The molecule has 0 bridgehead atoms. The van der Waals surface area contributed by atoms with E-state index in [1.807, 2.05) is 55.5 Å². The molecule has 0 saturated heterocycles. The molecule has 4 rings (SSSR count). The second-order valence-electron chi connectivity index (χ2n) is 5.52. The van der Waals surface area contributed by atoms with Crippen LogP contribution in [0.25, 0.3) is 20.2 Å². The van der Waals surface area contributed by atoms with E-state index < -0.39 is 0 Å². The van der Waals surface area contributed by atoms with Crippen LogP contribution in [0.5, 0.6) is 0 Å². The van der Waals surface area contributed by atoms with Gasteiger partial charge in [0.15, 0.2) is 0 Å². The van der Waals surface area contributed by atoms with Crippen LogP contribution in [0.4, 0.5) is 0 Å². The number of rotatable bonds is 3. The van der Waals surface area contributed by atoms with Gasteiger partial charge in [-0.25, -0.2) is 0 Å². The van der Waals surface area contributed by atoms with Gasteiger partial charge in [0.2, 0.25) is 0 Å². The van der Waals surface area contributed by atoms with Crippen molar-refractivity contribution in [3.63, 3.8) is 0 Å². The van der Waals surface area contributed by atoms with Gasteiger partial charge in [0.05, 0.1) is 32.8 Å². The fourth-order valence-electron chi connectivity index (χ4n) is 2.73. The van der Waals surface area contributed by atoms with Gasteiger partial charge < -0.3 is 0 Å². The summed E-state index contributed by atoms with van der Waals surface area (Å²) in [7, 11) is 0. The molecule has 2 aromatic heterocycles. The van der Waals surface area contributed by atoms with E-state index in [0.29, 0.717) is 6.54 Å². The van der Waals surface area contributed by atoms with Gasteiger partial charge in [-0.05, 0) is 31.2 Å². The Bertz CT molecular complexity index is 1120. The molecule has 0 aliphatic carbocycles. The van der Waals surface area contributed by atoms with Crippen molar-refractivity contribution in [3.05, 3.63) is 69.2 Å². The summed E-state index contributed by atoms with van der Waals surface area (Å²) in [6, 6.07) is 15.2. The summed E-state index contributed by atoms with van der Waals surface area (Å²) in [5.41, 5.74) is 0.0406. The molecule has 1 unspecified atom stereocenters. The van der Waals surface area contributed by atoms with Gasteiger partial charge in [0, 0.05) is 0 Å². The van der Waals surface area contributed by atoms with Gasteiger partial charge in [0.25, 0.3) is 11.1 Å². The third kappa shape index (κ3) is 2.34. The molecule has 0 fully saturated rings. The standard InChI is InChI=1S/C17H14N2O2S2/c1-11(19-17(21)13-7-3-5-9-15(13)23-19)10-18-16(20)12-6-2-4-8-14(12)22-18/h2-9,11H,10H2,1H3. The van der Waals surface area contributed by atoms with Crippen molar-refractivity contribution in [1.82, 2.24) is 7.91 Å². The van der Waals surface area contributed by atoms with E-state index >= 15 is 0 Å². The predicted octanol–water partition coefficient (Wildman–Crippen LogP) is 3.70. The summed E-state index contributed by atoms with van der Waals surface area (Å²) in [6.07, 6.45) is 0. The Morgan fingerprint density at radius 3 is 2.04 bits per heavy atom. The minimum absolute atomic E-state index is 0.0200. The molecule has 0 saturated carbocycles. The summed E-state index contributed by atoms with van der Waals surface area (Å²) < 4.78 is 5.47. The van der Waals surface area contributed by atoms with E-state index in [4.69, 9.17) is 0 Å². The molecule has 6 heteroatoms. The summed E-state index contributed by atoms with van der Waals surface area (Å²) in [5, 5.41) is 1.49. The van der Waals surface area contributed by atoms with Crippen molar-refractivity contribution >= 4 is 43.2 Å². The van der Waals surface area contributed by atoms with Crippen molar-refractivity contribution in [2.75, 3.05) is 0 Å². The highest BCUT2D eigenvalue weighted by Crippen LogP contribution is 2.22. The molecule has 4 aromatic rings. The highest BCUT2D eigenvalue weighted by molar-refractivity contribution is 7.14. The zero-order chi connectivity index (χ0) is 16.0. The maximum Gasteiger partial charge on any atom is 0.268 e. The van der Waals surface area contributed by atoms with Gasteiger partial charge in [-0.2, -0.15) is 0 Å². The Hall–Kier alpha value is -2.18. The summed E-state index contributed by atoms with van der Waals surface area (Å²) in [6.45, 7) is 2.48. The molecule has 2 aromatic carbocycles. The predicted molar refractivity (Wildman–Crippen MR) is 96.9 cm³/mol. The highest BCUT2D eigenvalue weighted by atomic mass is 32.1. The lowest BCUT2D eigenvalue weighted by atomic mass is 10.3. The van der Waals surface area contributed by atoms with Crippen LogP contribution in [0.15, 0.2) is 58.1 Å². The molecule has 0 radical (unpaired) electrons. The molecular formula is C17H14N2O2S2. The fraction of sp³-hybridized carbons (Fsp3) is 0.176. The Kier molecular flexibility index (Phi) is 3.43. The SMILES string of the molecule is CC(Cn1sc2ccccc2c1=O)n1sc2ccccc2c1=O. The lowest BCUT2D eigenvalue weighted by Gasteiger charge is -2.11. The summed E-state index contributed by atoms with van der Waals surface area (Å²) in [4.78, 5) is 24.9. The average molecular weight is 342 g/mol. The largest absolute Gasteiger partial charge is 0.268 e. The lowest BCUT2D eigenvalue weighted by molar-refractivity contribution is 0.498. The molecule has 1 atom stereocenters. The zero-order valence-electron chi connectivity index (χ0n) is 12.4. The van der Waals surface area contributed by atoms with E-state index in [0.717, 1.165) is 20.2 Å². The molecule has 0 amide bonds. The van der Waals surface area contributed by atoms with E-state index in [1.54, 1.807) is 7.91 Å². The molecule has 2 heterocycles. The lowest BCUT2D eigenvalue weighted by Crippen LogP contribution is -2.24. The maximum absolute atomic E-state index is 12.5. The van der Waals surface area contributed by atoms with Crippen molar-refractivity contribution in [2.45, 2.75) is 19.5 Å². The van der Waals surface area contributed by atoms with Gasteiger partial charge in [-0.3, -0.25) is 17.5 Å².